The van der Waals surface area contributed by atoms with Crippen molar-refractivity contribution in [3.63, 3.8) is 0 Å². The van der Waals surface area contributed by atoms with Crippen LogP contribution in [0.5, 0.6) is 0 Å². The summed E-state index contributed by atoms with van der Waals surface area (Å²) in [6.07, 6.45) is 8.50. The van der Waals surface area contributed by atoms with E-state index in [0.717, 1.165) is 38.5 Å². The second kappa shape index (κ2) is 7.78. The summed E-state index contributed by atoms with van der Waals surface area (Å²) >= 11 is 0. The zero-order valence-electron chi connectivity index (χ0n) is 12.7. The molecule has 2 atom stereocenters. The van der Waals surface area contributed by atoms with Gasteiger partial charge >= 0.3 is 5.97 Å². The minimum Gasteiger partial charge on any atom is -0.481 e. The molecule has 0 aromatic heterocycles. The lowest BCUT2D eigenvalue weighted by Gasteiger charge is -2.38. The van der Waals surface area contributed by atoms with E-state index in [0.29, 0.717) is 19.4 Å². The van der Waals surface area contributed by atoms with Crippen LogP contribution >= 0.6 is 0 Å². The van der Waals surface area contributed by atoms with Crippen molar-refractivity contribution in [2.45, 2.75) is 63.8 Å². The van der Waals surface area contributed by atoms with Gasteiger partial charge in [-0.25, -0.2) is 0 Å². The van der Waals surface area contributed by atoms with E-state index < -0.39 is 17.8 Å². The zero-order valence-corrected chi connectivity index (χ0v) is 12.7. The molecule has 5 heteroatoms. The number of amides is 1. The van der Waals surface area contributed by atoms with E-state index in [9.17, 15) is 19.8 Å². The Morgan fingerprint density at radius 2 is 1.48 bits per heavy atom. The highest BCUT2D eigenvalue weighted by Crippen LogP contribution is 2.33. The van der Waals surface area contributed by atoms with Crippen LogP contribution < -0.4 is 0 Å². The molecule has 2 saturated carbocycles. The lowest BCUT2D eigenvalue weighted by atomic mass is 9.78. The van der Waals surface area contributed by atoms with E-state index in [4.69, 9.17) is 0 Å². The molecule has 0 spiro atoms. The fourth-order valence-corrected chi connectivity index (χ4v) is 3.91. The van der Waals surface area contributed by atoms with E-state index in [1.54, 1.807) is 4.90 Å². The number of carbonyl (C=O) groups excluding carboxylic acids is 1. The van der Waals surface area contributed by atoms with Gasteiger partial charge in [-0.1, -0.05) is 32.1 Å². The monoisotopic (exact) mass is 297 g/mol. The highest BCUT2D eigenvalue weighted by molar-refractivity contribution is 5.85. The summed E-state index contributed by atoms with van der Waals surface area (Å²) < 4.78 is 0. The molecule has 1 amide bonds. The van der Waals surface area contributed by atoms with Gasteiger partial charge in [0, 0.05) is 12.6 Å². The van der Waals surface area contributed by atoms with Crippen molar-refractivity contribution in [1.82, 2.24) is 4.90 Å². The molecule has 0 radical (unpaired) electrons. The second-order valence-electron chi connectivity index (χ2n) is 6.38. The van der Waals surface area contributed by atoms with Gasteiger partial charge in [0.2, 0.25) is 5.91 Å². The molecular formula is C16H27NO4. The highest BCUT2D eigenvalue weighted by Gasteiger charge is 2.39. The lowest BCUT2D eigenvalue weighted by Crippen LogP contribution is -2.49. The molecule has 0 bridgehead atoms. The Morgan fingerprint density at radius 1 is 0.905 bits per heavy atom. The van der Waals surface area contributed by atoms with Gasteiger partial charge in [-0.05, 0) is 25.7 Å². The van der Waals surface area contributed by atoms with Crippen LogP contribution in [0.3, 0.4) is 0 Å². The van der Waals surface area contributed by atoms with Crippen LogP contribution in [0.25, 0.3) is 0 Å². The average Bonchev–Trinajstić information content (AvgIpc) is 2.52. The summed E-state index contributed by atoms with van der Waals surface area (Å²) in [6.45, 7) is 0.291. The van der Waals surface area contributed by atoms with Gasteiger partial charge in [-0.2, -0.15) is 0 Å². The van der Waals surface area contributed by atoms with Crippen molar-refractivity contribution in [2.24, 2.45) is 11.8 Å². The maximum Gasteiger partial charge on any atom is 0.307 e. The van der Waals surface area contributed by atoms with E-state index in [1.165, 1.54) is 6.42 Å². The number of carboxylic acid groups (broad SMARTS) is 1. The molecule has 0 unspecified atom stereocenters. The summed E-state index contributed by atoms with van der Waals surface area (Å²) in [5, 5.41) is 18.6. The molecule has 2 fully saturated rings. The predicted octanol–water partition coefficient (Wildman–Crippen LogP) is 2.03. The SMILES string of the molecule is O=C(O)[C@H]1CCCC[C@H]1C(=O)N(CCO)C1CCCCC1. The number of aliphatic carboxylic acids is 1. The van der Waals surface area contributed by atoms with Gasteiger partial charge in [0.15, 0.2) is 0 Å². The van der Waals surface area contributed by atoms with Gasteiger partial charge < -0.3 is 15.1 Å². The lowest BCUT2D eigenvalue weighted by molar-refractivity contribution is -0.154. The van der Waals surface area contributed by atoms with Crippen LogP contribution in [0.4, 0.5) is 0 Å². The third-order valence-corrected chi connectivity index (χ3v) is 5.04. The Labute approximate surface area is 126 Å². The zero-order chi connectivity index (χ0) is 15.2. The van der Waals surface area contributed by atoms with Crippen molar-refractivity contribution in [3.8, 4) is 0 Å². The predicted molar refractivity (Wildman–Crippen MR) is 78.8 cm³/mol. The van der Waals surface area contributed by atoms with E-state index in [-0.39, 0.29) is 18.6 Å². The standard InChI is InChI=1S/C16H27NO4/c18-11-10-17(12-6-2-1-3-7-12)15(19)13-8-4-5-9-14(13)16(20)21/h12-14,18H,1-11H2,(H,20,21)/t13-,14+/m1/s1. The topological polar surface area (TPSA) is 77.8 Å². The first kappa shape index (κ1) is 16.3. The summed E-state index contributed by atoms with van der Waals surface area (Å²) in [5.74, 6) is -1.83. The molecule has 2 N–H and O–H groups in total. The molecular weight excluding hydrogens is 270 g/mol. The number of nitrogens with zero attached hydrogens (tertiary/aromatic N) is 1. The summed E-state index contributed by atoms with van der Waals surface area (Å²) in [4.78, 5) is 26.0. The van der Waals surface area contributed by atoms with Crippen LogP contribution in [0, 0.1) is 11.8 Å². The minimum atomic E-state index is -0.847. The maximum absolute atomic E-state index is 12.9. The third-order valence-electron chi connectivity index (χ3n) is 5.04. The van der Waals surface area contributed by atoms with Crippen LogP contribution in [0.1, 0.15) is 57.8 Å². The van der Waals surface area contributed by atoms with Crippen molar-refractivity contribution in [3.05, 3.63) is 0 Å². The highest BCUT2D eigenvalue weighted by atomic mass is 16.4. The molecule has 5 nitrogen and oxygen atoms in total. The quantitative estimate of drug-likeness (QED) is 0.814. The van der Waals surface area contributed by atoms with Crippen LogP contribution in [0.2, 0.25) is 0 Å². The van der Waals surface area contributed by atoms with Gasteiger partial charge in [0.05, 0.1) is 18.4 Å². The normalized spacial score (nSPS) is 27.3. The van der Waals surface area contributed by atoms with E-state index >= 15 is 0 Å². The molecule has 2 aliphatic rings. The number of carboxylic acids is 1. The Morgan fingerprint density at radius 3 is 2.05 bits per heavy atom. The summed E-state index contributed by atoms with van der Waals surface area (Å²) in [7, 11) is 0. The number of hydrogen-bond donors (Lipinski definition) is 2. The van der Waals surface area contributed by atoms with Gasteiger partial charge in [-0.3, -0.25) is 9.59 Å². The first-order valence-corrected chi connectivity index (χ1v) is 8.29. The number of hydrogen-bond acceptors (Lipinski definition) is 3. The average molecular weight is 297 g/mol. The Hall–Kier alpha value is -1.10. The van der Waals surface area contributed by atoms with Crippen molar-refractivity contribution < 1.29 is 19.8 Å². The molecule has 0 aliphatic heterocycles. The first-order chi connectivity index (χ1) is 10.1. The van der Waals surface area contributed by atoms with Gasteiger partial charge in [0.1, 0.15) is 0 Å². The summed E-state index contributed by atoms with van der Waals surface area (Å²) in [5.41, 5.74) is 0. The third kappa shape index (κ3) is 3.96. The summed E-state index contributed by atoms with van der Waals surface area (Å²) in [6, 6.07) is 0.190. The Kier molecular flexibility index (Phi) is 6.03. The van der Waals surface area contributed by atoms with Gasteiger partial charge in [0.25, 0.3) is 0 Å². The minimum absolute atomic E-state index is 0.0388. The molecule has 0 aromatic carbocycles. The molecule has 120 valence electrons. The molecule has 0 heterocycles. The molecule has 2 aliphatic carbocycles. The van der Waals surface area contributed by atoms with Crippen LogP contribution in [-0.4, -0.2) is 46.2 Å². The Balaban J connectivity index is 2.09. The number of carbonyl (C=O) groups is 2. The van der Waals surface area contributed by atoms with Crippen molar-refractivity contribution >= 4 is 11.9 Å². The second-order valence-corrected chi connectivity index (χ2v) is 6.38. The van der Waals surface area contributed by atoms with Gasteiger partial charge in [-0.15, -0.1) is 0 Å². The number of aliphatic hydroxyl groups is 1. The molecule has 0 aromatic rings. The number of aliphatic hydroxyl groups excluding tert-OH is 1. The van der Waals surface area contributed by atoms with Crippen molar-refractivity contribution in [1.29, 1.82) is 0 Å². The Bertz CT molecular complexity index is 365. The molecule has 2 rings (SSSR count). The fourth-order valence-electron chi connectivity index (χ4n) is 3.91. The first-order valence-electron chi connectivity index (χ1n) is 8.29. The maximum atomic E-state index is 12.9. The molecule has 21 heavy (non-hydrogen) atoms. The van der Waals surface area contributed by atoms with Crippen molar-refractivity contribution in [2.75, 3.05) is 13.2 Å². The van der Waals surface area contributed by atoms with Crippen LogP contribution in [-0.2, 0) is 9.59 Å². The molecule has 0 saturated heterocycles. The largest absolute Gasteiger partial charge is 0.481 e. The smallest absolute Gasteiger partial charge is 0.307 e. The van der Waals surface area contributed by atoms with E-state index in [2.05, 4.69) is 0 Å². The van der Waals surface area contributed by atoms with E-state index in [1.807, 2.05) is 0 Å². The fraction of sp³-hybridized carbons (Fsp3) is 0.875. The van der Waals surface area contributed by atoms with Crippen LogP contribution in [0.15, 0.2) is 0 Å². The number of rotatable bonds is 5.